The second kappa shape index (κ2) is 10.7. The van der Waals surface area contributed by atoms with Crippen LogP contribution in [0.15, 0.2) is 34.2 Å². The lowest BCUT2D eigenvalue weighted by molar-refractivity contribution is -0.128. The quantitative estimate of drug-likeness (QED) is 0.487. The van der Waals surface area contributed by atoms with Crippen LogP contribution in [0, 0.1) is 5.82 Å². The van der Waals surface area contributed by atoms with Crippen molar-refractivity contribution in [2.45, 2.75) is 51.4 Å². The third-order valence-electron chi connectivity index (χ3n) is 5.12. The Morgan fingerprint density at radius 1 is 1.23 bits per heavy atom. The number of carbonyl (C=O) groups excluding carboxylic acids is 1. The summed E-state index contributed by atoms with van der Waals surface area (Å²) in [5.74, 6) is 0.104. The zero-order chi connectivity index (χ0) is 21.5. The first-order chi connectivity index (χ1) is 14.5. The molecule has 3 rings (SSSR count). The number of fused-ring (bicyclic) bond motifs is 1. The Hall–Kier alpha value is -2.19. The molecule has 0 unspecified atom stereocenters. The molecular formula is C22H29FN4O2S. The van der Waals surface area contributed by atoms with Gasteiger partial charge in [-0.3, -0.25) is 14.5 Å². The molecule has 1 amide bonds. The number of carbonyl (C=O) groups is 1. The van der Waals surface area contributed by atoms with Crippen molar-refractivity contribution < 1.29 is 9.18 Å². The summed E-state index contributed by atoms with van der Waals surface area (Å²) in [6, 6.07) is 6.44. The van der Waals surface area contributed by atoms with E-state index in [0.29, 0.717) is 30.2 Å². The van der Waals surface area contributed by atoms with Crippen LogP contribution in [0.4, 0.5) is 4.39 Å². The zero-order valence-corrected chi connectivity index (χ0v) is 18.4. The standard InChI is InChI=1S/C22H29FN4O2S/c1-3-10-27(11-4-2)20(28)15-30-22-24-19-9-12-26(14-18(19)21(29)25-22)13-16-5-7-17(23)8-6-16/h5-8H,3-4,9-15H2,1-2H3,(H,24,25,29). The van der Waals surface area contributed by atoms with E-state index in [1.807, 2.05) is 4.90 Å². The van der Waals surface area contributed by atoms with Crippen LogP contribution in [-0.4, -0.2) is 51.1 Å². The van der Waals surface area contributed by atoms with Gasteiger partial charge in [-0.1, -0.05) is 37.7 Å². The molecule has 1 aliphatic heterocycles. The predicted molar refractivity (Wildman–Crippen MR) is 117 cm³/mol. The molecule has 2 aromatic rings. The lowest BCUT2D eigenvalue weighted by atomic mass is 10.1. The topological polar surface area (TPSA) is 69.3 Å². The number of H-pyrrole nitrogens is 1. The van der Waals surface area contributed by atoms with E-state index in [1.165, 1.54) is 23.9 Å². The molecule has 30 heavy (non-hydrogen) atoms. The van der Waals surface area contributed by atoms with Crippen molar-refractivity contribution in [2.24, 2.45) is 0 Å². The highest BCUT2D eigenvalue weighted by molar-refractivity contribution is 7.99. The van der Waals surface area contributed by atoms with Crippen LogP contribution in [0.3, 0.4) is 0 Å². The van der Waals surface area contributed by atoms with Gasteiger partial charge in [-0.15, -0.1) is 0 Å². The summed E-state index contributed by atoms with van der Waals surface area (Å²) >= 11 is 1.29. The Kier molecular flexibility index (Phi) is 8.04. The van der Waals surface area contributed by atoms with Gasteiger partial charge in [0.1, 0.15) is 5.82 Å². The average molecular weight is 433 g/mol. The molecule has 0 spiro atoms. The maximum absolute atomic E-state index is 13.1. The molecule has 0 atom stereocenters. The summed E-state index contributed by atoms with van der Waals surface area (Å²) in [5.41, 5.74) is 2.36. The fourth-order valence-corrected chi connectivity index (χ4v) is 4.41. The van der Waals surface area contributed by atoms with E-state index in [2.05, 4.69) is 28.7 Å². The van der Waals surface area contributed by atoms with Crippen molar-refractivity contribution in [3.8, 4) is 0 Å². The van der Waals surface area contributed by atoms with Gasteiger partial charge in [-0.05, 0) is 30.5 Å². The highest BCUT2D eigenvalue weighted by Gasteiger charge is 2.22. The third kappa shape index (κ3) is 5.92. The van der Waals surface area contributed by atoms with Crippen LogP contribution in [0.1, 0.15) is 43.5 Å². The Morgan fingerprint density at radius 3 is 2.60 bits per heavy atom. The molecule has 2 heterocycles. The summed E-state index contributed by atoms with van der Waals surface area (Å²) in [4.78, 5) is 36.6. The molecule has 1 N–H and O–H groups in total. The van der Waals surface area contributed by atoms with Crippen molar-refractivity contribution in [1.82, 2.24) is 19.8 Å². The molecule has 162 valence electrons. The number of amides is 1. The number of nitrogens with zero attached hydrogens (tertiary/aromatic N) is 3. The van der Waals surface area contributed by atoms with Crippen molar-refractivity contribution in [2.75, 3.05) is 25.4 Å². The molecule has 0 saturated carbocycles. The first-order valence-corrected chi connectivity index (χ1v) is 11.5. The first-order valence-electron chi connectivity index (χ1n) is 10.5. The lowest BCUT2D eigenvalue weighted by Gasteiger charge is -2.27. The third-order valence-corrected chi connectivity index (χ3v) is 5.98. The minimum absolute atomic E-state index is 0.0783. The number of benzene rings is 1. The number of hydrogen-bond acceptors (Lipinski definition) is 5. The van der Waals surface area contributed by atoms with Crippen LogP contribution in [0.2, 0.25) is 0 Å². The molecule has 1 aliphatic rings. The second-order valence-electron chi connectivity index (χ2n) is 7.55. The van der Waals surface area contributed by atoms with Crippen LogP contribution >= 0.6 is 11.8 Å². The lowest BCUT2D eigenvalue weighted by Crippen LogP contribution is -2.36. The predicted octanol–water partition coefficient (Wildman–Crippen LogP) is 3.21. The van der Waals surface area contributed by atoms with Crippen molar-refractivity contribution in [3.05, 3.63) is 57.3 Å². The number of rotatable bonds is 9. The van der Waals surface area contributed by atoms with E-state index in [0.717, 1.165) is 43.7 Å². The van der Waals surface area contributed by atoms with Gasteiger partial charge in [0.15, 0.2) is 5.16 Å². The molecule has 0 radical (unpaired) electrons. The molecule has 6 nitrogen and oxygen atoms in total. The highest BCUT2D eigenvalue weighted by atomic mass is 32.2. The number of aromatic nitrogens is 2. The number of halogens is 1. The van der Waals surface area contributed by atoms with Crippen molar-refractivity contribution in [1.29, 1.82) is 0 Å². The summed E-state index contributed by atoms with van der Waals surface area (Å²) in [6.07, 6.45) is 2.54. The van der Waals surface area contributed by atoms with Gasteiger partial charge in [0.2, 0.25) is 5.91 Å². The van der Waals surface area contributed by atoms with Gasteiger partial charge < -0.3 is 9.88 Å². The number of thioether (sulfide) groups is 1. The fraction of sp³-hybridized carbons (Fsp3) is 0.500. The van der Waals surface area contributed by atoms with Gasteiger partial charge in [-0.25, -0.2) is 9.37 Å². The van der Waals surface area contributed by atoms with Crippen LogP contribution in [0.25, 0.3) is 0 Å². The number of nitrogens with one attached hydrogen (secondary N) is 1. The molecule has 8 heteroatoms. The smallest absolute Gasteiger partial charge is 0.256 e. The van der Waals surface area contributed by atoms with E-state index in [9.17, 15) is 14.0 Å². The van der Waals surface area contributed by atoms with Crippen molar-refractivity contribution >= 4 is 17.7 Å². The molecule has 0 fully saturated rings. The summed E-state index contributed by atoms with van der Waals surface area (Å²) in [5, 5.41) is 0.507. The van der Waals surface area contributed by atoms with Gasteiger partial charge in [0.25, 0.3) is 5.56 Å². The first kappa shape index (κ1) is 22.5. The zero-order valence-electron chi connectivity index (χ0n) is 17.6. The van der Waals surface area contributed by atoms with Gasteiger partial charge in [0, 0.05) is 39.1 Å². The number of aromatic amines is 1. The van der Waals surface area contributed by atoms with Gasteiger partial charge in [-0.2, -0.15) is 0 Å². The maximum atomic E-state index is 13.1. The normalized spacial score (nSPS) is 13.8. The summed E-state index contributed by atoms with van der Waals surface area (Å²) in [7, 11) is 0. The summed E-state index contributed by atoms with van der Waals surface area (Å²) in [6.45, 7) is 7.59. The molecule has 0 aliphatic carbocycles. The van der Waals surface area contributed by atoms with Crippen LogP contribution in [0.5, 0.6) is 0 Å². The molecule has 1 aromatic heterocycles. The molecule has 1 aromatic carbocycles. The Labute approximate surface area is 180 Å². The summed E-state index contributed by atoms with van der Waals surface area (Å²) < 4.78 is 13.1. The minimum atomic E-state index is -0.251. The highest BCUT2D eigenvalue weighted by Crippen LogP contribution is 2.20. The van der Waals surface area contributed by atoms with E-state index in [1.54, 1.807) is 12.1 Å². The SMILES string of the molecule is CCCN(CCC)C(=O)CSc1nc2c(c(=O)[nH]1)CN(Cc1ccc(F)cc1)CC2. The number of hydrogen-bond donors (Lipinski definition) is 1. The van der Waals surface area contributed by atoms with Crippen LogP contribution in [-0.2, 0) is 24.3 Å². The minimum Gasteiger partial charge on any atom is -0.342 e. The van der Waals surface area contributed by atoms with Gasteiger partial charge >= 0.3 is 0 Å². The van der Waals surface area contributed by atoms with Crippen LogP contribution < -0.4 is 5.56 Å². The van der Waals surface area contributed by atoms with E-state index >= 15 is 0 Å². The average Bonchev–Trinajstić information content (AvgIpc) is 2.74. The van der Waals surface area contributed by atoms with E-state index in [-0.39, 0.29) is 23.0 Å². The fourth-order valence-electron chi connectivity index (χ4n) is 3.63. The van der Waals surface area contributed by atoms with E-state index < -0.39 is 0 Å². The molecule has 0 saturated heterocycles. The monoisotopic (exact) mass is 432 g/mol. The van der Waals surface area contributed by atoms with E-state index in [4.69, 9.17) is 0 Å². The Morgan fingerprint density at radius 2 is 1.93 bits per heavy atom. The Balaban J connectivity index is 1.62. The maximum Gasteiger partial charge on any atom is 0.256 e. The van der Waals surface area contributed by atoms with Gasteiger partial charge in [0.05, 0.1) is 17.0 Å². The largest absolute Gasteiger partial charge is 0.342 e. The Bertz CT molecular complexity index is 910. The van der Waals surface area contributed by atoms with Crippen molar-refractivity contribution in [3.63, 3.8) is 0 Å². The second-order valence-corrected chi connectivity index (χ2v) is 8.52. The molecule has 0 bridgehead atoms. The molecular weight excluding hydrogens is 403 g/mol.